The molecule has 2 heteroatoms. The third kappa shape index (κ3) is 3.86. The van der Waals surface area contributed by atoms with E-state index in [1.165, 1.54) is 38.5 Å². The van der Waals surface area contributed by atoms with Crippen LogP contribution < -0.4 is 0 Å². The first-order valence-corrected chi connectivity index (χ1v) is 34.4. The molecular formula is C32H47HfSi. The molecule has 2 aliphatic rings. The molecule has 0 N–H and O–H groups in total. The number of hydrogen-bond donors (Lipinski definition) is 0. The molecule has 0 heterocycles. The van der Waals surface area contributed by atoms with Crippen LogP contribution in [0.25, 0.3) is 11.1 Å². The Kier molecular flexibility index (Phi) is 7.53. The van der Waals surface area contributed by atoms with Crippen molar-refractivity contribution in [3.8, 4) is 0 Å². The molecule has 0 bridgehead atoms. The van der Waals surface area contributed by atoms with Crippen molar-refractivity contribution in [2.75, 3.05) is 0 Å². The van der Waals surface area contributed by atoms with Gasteiger partial charge in [0.2, 0.25) is 0 Å². The first-order chi connectivity index (χ1) is 16.2. The number of hydrogen-bond acceptors (Lipinski definition) is 0. The molecule has 2 aliphatic carbocycles. The standard InChI is InChI=1S/2C14H17.C2H7Si.2CH3.Hf/c2*1-3-4-8-13-11(2)10-12-7-5-6-9-14(12)13;1-3-2;;;/h2*5-7,9-10H,3-4,8H2,1-2H3;3H,1-2H3;2*1H3;. The Balaban J connectivity index is 1.98. The average molecular weight is 638 g/mol. The molecule has 0 spiro atoms. The summed E-state index contributed by atoms with van der Waals surface area (Å²) in [7, 11) is 0. The maximum absolute atomic E-state index is 3.61. The number of unbranched alkanes of at least 4 members (excludes halogenated alkanes) is 2. The van der Waals surface area contributed by atoms with Crippen LogP contribution in [0, 0.1) is 0 Å². The van der Waals surface area contributed by atoms with Crippen molar-refractivity contribution in [1.29, 1.82) is 0 Å². The molecule has 0 saturated heterocycles. The third-order valence-corrected chi connectivity index (χ3v) is 77.0. The Morgan fingerprint density at radius 2 is 1.06 bits per heavy atom. The molecule has 2 unspecified atom stereocenters. The summed E-state index contributed by atoms with van der Waals surface area (Å²) in [6.45, 7) is 15.2. The first kappa shape index (κ1) is 26.1. The molecule has 4 rings (SSSR count). The molecule has 0 amide bonds. The molecule has 34 heavy (non-hydrogen) atoms. The summed E-state index contributed by atoms with van der Waals surface area (Å²) in [5, 5.41) is 0. The first-order valence-electron chi connectivity index (χ1n) is 14.0. The summed E-state index contributed by atoms with van der Waals surface area (Å²) in [6, 6.07) is 19.1. The summed E-state index contributed by atoms with van der Waals surface area (Å²) >= 11 is -3.61. The van der Waals surface area contributed by atoms with E-state index in [4.69, 9.17) is 0 Å². The second-order valence-electron chi connectivity index (χ2n) is 12.5. The zero-order valence-corrected chi connectivity index (χ0v) is 27.8. The van der Waals surface area contributed by atoms with Gasteiger partial charge in [-0.3, -0.25) is 0 Å². The van der Waals surface area contributed by atoms with E-state index >= 15 is 0 Å². The number of fused-ring (bicyclic) bond motifs is 2. The number of benzene rings is 2. The van der Waals surface area contributed by atoms with Crippen LogP contribution in [0.3, 0.4) is 0 Å². The van der Waals surface area contributed by atoms with E-state index in [9.17, 15) is 0 Å². The SMILES string of the molecule is CCCCC1=C(C)[CH]([Hf]([CH3])([CH3])([CH]2C(C)=C(CCCC)c3ccccc32)[SiH](C)C)c2ccccc21. The Hall–Kier alpha value is -0.993. The Morgan fingerprint density at radius 3 is 1.41 bits per heavy atom. The molecule has 183 valence electrons. The van der Waals surface area contributed by atoms with Crippen molar-refractivity contribution in [3.05, 3.63) is 81.9 Å². The second-order valence-corrected chi connectivity index (χ2v) is 65.9. The molecule has 0 fully saturated rings. The molecular weight excluding hydrogens is 591 g/mol. The van der Waals surface area contributed by atoms with Crippen LogP contribution in [0.4, 0.5) is 0 Å². The minimum absolute atomic E-state index is 0.699. The van der Waals surface area contributed by atoms with Crippen LogP contribution in [0.1, 0.15) is 95.8 Å². The van der Waals surface area contributed by atoms with Gasteiger partial charge in [-0.05, 0) is 0 Å². The van der Waals surface area contributed by atoms with Gasteiger partial charge in [0.25, 0.3) is 0 Å². The summed E-state index contributed by atoms with van der Waals surface area (Å²) in [5.41, 5.74) is 13.5. The van der Waals surface area contributed by atoms with Gasteiger partial charge in [-0.2, -0.15) is 0 Å². The zero-order valence-electron chi connectivity index (χ0n) is 23.1. The van der Waals surface area contributed by atoms with Crippen LogP contribution in [-0.2, 0) is 17.7 Å². The van der Waals surface area contributed by atoms with Gasteiger partial charge in [-0.25, -0.2) is 0 Å². The predicted molar refractivity (Wildman–Crippen MR) is 153 cm³/mol. The average Bonchev–Trinajstić information content (AvgIpc) is 3.27. The van der Waals surface area contributed by atoms with Crippen LogP contribution in [0.5, 0.6) is 0 Å². The Morgan fingerprint density at radius 1 is 0.676 bits per heavy atom. The third-order valence-electron chi connectivity index (χ3n) is 10.2. The van der Waals surface area contributed by atoms with E-state index in [-0.39, 0.29) is 0 Å². The van der Waals surface area contributed by atoms with Gasteiger partial charge in [-0.1, -0.05) is 0 Å². The van der Waals surface area contributed by atoms with Gasteiger partial charge in [0.05, 0.1) is 0 Å². The van der Waals surface area contributed by atoms with Crippen molar-refractivity contribution < 1.29 is 17.7 Å². The summed E-state index contributed by atoms with van der Waals surface area (Å²) in [5.74, 6) is -0.974. The second kappa shape index (κ2) is 9.81. The maximum atomic E-state index is 2.91. The van der Waals surface area contributed by atoms with Crippen LogP contribution >= 0.6 is 0 Å². The van der Waals surface area contributed by atoms with E-state index in [1.807, 2.05) is 0 Å². The summed E-state index contributed by atoms with van der Waals surface area (Å²) < 4.78 is 7.22. The molecule has 0 aliphatic heterocycles. The van der Waals surface area contributed by atoms with Gasteiger partial charge >= 0.3 is 213 Å². The van der Waals surface area contributed by atoms with Gasteiger partial charge in [0.1, 0.15) is 0 Å². The molecule has 2 atom stereocenters. The molecule has 2 aromatic carbocycles. The monoisotopic (exact) mass is 639 g/mol. The zero-order chi connectivity index (χ0) is 24.7. The van der Waals surface area contributed by atoms with Crippen molar-refractivity contribution in [1.82, 2.24) is 0 Å². The van der Waals surface area contributed by atoms with Crippen LogP contribution in [0.2, 0.25) is 22.5 Å². The van der Waals surface area contributed by atoms with Crippen molar-refractivity contribution in [2.24, 2.45) is 0 Å². The molecule has 0 saturated carbocycles. The van der Waals surface area contributed by atoms with E-state index < -0.39 is 23.7 Å². The van der Waals surface area contributed by atoms with Crippen molar-refractivity contribution in [2.45, 2.75) is 96.0 Å². The van der Waals surface area contributed by atoms with Crippen LogP contribution in [-0.4, -0.2) is 5.98 Å². The fraction of sp³-hybridized carbons (Fsp3) is 0.500. The molecule has 2 aromatic rings. The van der Waals surface area contributed by atoms with Crippen molar-refractivity contribution >= 4 is 17.1 Å². The normalized spacial score (nSPS) is 21.1. The topological polar surface area (TPSA) is 0 Å². The quantitative estimate of drug-likeness (QED) is 0.240. The van der Waals surface area contributed by atoms with Gasteiger partial charge in [-0.15, -0.1) is 0 Å². The number of allylic oxidation sites excluding steroid dienone is 4. The molecule has 0 nitrogen and oxygen atoms in total. The molecule has 0 radical (unpaired) electrons. The van der Waals surface area contributed by atoms with Crippen LogP contribution in [0.15, 0.2) is 59.7 Å². The van der Waals surface area contributed by atoms with E-state index in [1.54, 1.807) is 44.5 Å². The van der Waals surface area contributed by atoms with Gasteiger partial charge in [0, 0.05) is 0 Å². The number of rotatable bonds is 9. The van der Waals surface area contributed by atoms with E-state index in [0.29, 0.717) is 7.35 Å². The summed E-state index contributed by atoms with van der Waals surface area (Å²) in [4.78, 5) is 0. The fourth-order valence-electron chi connectivity index (χ4n) is 7.84. The minimum atomic E-state index is -3.61. The summed E-state index contributed by atoms with van der Waals surface area (Å²) in [6.07, 6.45) is 7.66. The van der Waals surface area contributed by atoms with Gasteiger partial charge in [0.15, 0.2) is 0 Å². The molecule has 0 aromatic heterocycles. The predicted octanol–water partition coefficient (Wildman–Crippen LogP) is 10.2. The van der Waals surface area contributed by atoms with Gasteiger partial charge < -0.3 is 0 Å². The Labute approximate surface area is 211 Å². The van der Waals surface area contributed by atoms with E-state index in [2.05, 4.69) is 98.7 Å². The van der Waals surface area contributed by atoms with E-state index in [0.717, 1.165) is 0 Å². The fourth-order valence-corrected chi connectivity index (χ4v) is 51.7. The Bertz CT molecular complexity index is 1050. The van der Waals surface area contributed by atoms with Crippen molar-refractivity contribution in [3.63, 3.8) is 0 Å².